The predicted octanol–water partition coefficient (Wildman–Crippen LogP) is 4.61. The molecular formula is C25H33NO3. The van der Waals surface area contributed by atoms with E-state index in [0.717, 1.165) is 31.0 Å². The van der Waals surface area contributed by atoms with Crippen molar-refractivity contribution in [2.24, 2.45) is 0 Å². The van der Waals surface area contributed by atoms with Gasteiger partial charge in [-0.2, -0.15) is 0 Å². The maximum Gasteiger partial charge on any atom is 0.127 e. The molecular weight excluding hydrogens is 362 g/mol. The molecule has 0 spiro atoms. The Morgan fingerprint density at radius 2 is 1.86 bits per heavy atom. The highest BCUT2D eigenvalue weighted by atomic mass is 16.5. The molecule has 2 aromatic carbocycles. The zero-order valence-electron chi connectivity index (χ0n) is 17.6. The van der Waals surface area contributed by atoms with Crippen molar-refractivity contribution in [1.29, 1.82) is 0 Å². The number of ether oxygens (including phenoxy) is 2. The van der Waals surface area contributed by atoms with Crippen LogP contribution in [0.1, 0.15) is 56.6 Å². The number of aliphatic hydroxyl groups is 1. The third-order valence-electron chi connectivity index (χ3n) is 6.00. The lowest BCUT2D eigenvalue weighted by molar-refractivity contribution is 0.0601. The Labute approximate surface area is 174 Å². The Morgan fingerprint density at radius 3 is 2.62 bits per heavy atom. The number of benzene rings is 2. The highest BCUT2D eigenvalue weighted by molar-refractivity contribution is 5.48. The zero-order valence-corrected chi connectivity index (χ0v) is 17.6. The number of hydrogen-bond acceptors (Lipinski definition) is 4. The van der Waals surface area contributed by atoms with Crippen molar-refractivity contribution in [2.75, 3.05) is 26.2 Å². The molecule has 2 aromatic rings. The first-order valence-corrected chi connectivity index (χ1v) is 10.9. The van der Waals surface area contributed by atoms with Crippen molar-refractivity contribution in [1.82, 2.24) is 4.90 Å². The average molecular weight is 396 g/mol. The number of nitrogens with zero attached hydrogens (tertiary/aromatic N) is 1. The fourth-order valence-electron chi connectivity index (χ4n) is 4.59. The van der Waals surface area contributed by atoms with Crippen molar-refractivity contribution in [3.05, 3.63) is 59.7 Å². The third kappa shape index (κ3) is 5.12. The summed E-state index contributed by atoms with van der Waals surface area (Å²) in [6.45, 7) is 7.44. The number of likely N-dealkylation sites (tertiary alicyclic amines) is 1. The number of hydrogen-bond donors (Lipinski definition) is 1. The van der Waals surface area contributed by atoms with Gasteiger partial charge in [0.05, 0.1) is 0 Å². The molecule has 0 radical (unpaired) electrons. The Bertz CT molecular complexity index is 799. The van der Waals surface area contributed by atoms with Crippen LogP contribution in [-0.2, 0) is 0 Å². The van der Waals surface area contributed by atoms with Crippen LogP contribution in [-0.4, -0.2) is 48.0 Å². The summed E-state index contributed by atoms with van der Waals surface area (Å²) in [6.07, 6.45) is 4.23. The van der Waals surface area contributed by atoms with E-state index in [1.807, 2.05) is 12.1 Å². The average Bonchev–Trinajstić information content (AvgIpc) is 2.72. The molecule has 2 heterocycles. The second-order valence-electron chi connectivity index (χ2n) is 9.05. The molecule has 0 aliphatic carbocycles. The minimum atomic E-state index is -0.474. The van der Waals surface area contributed by atoms with Gasteiger partial charge in [-0.15, -0.1) is 0 Å². The quantitative estimate of drug-likeness (QED) is 0.776. The summed E-state index contributed by atoms with van der Waals surface area (Å²) in [7, 11) is 0. The Kier molecular flexibility index (Phi) is 6.12. The van der Waals surface area contributed by atoms with E-state index in [2.05, 4.69) is 55.1 Å². The van der Waals surface area contributed by atoms with Gasteiger partial charge in [0.15, 0.2) is 0 Å². The van der Waals surface area contributed by atoms with Gasteiger partial charge in [-0.25, -0.2) is 0 Å². The van der Waals surface area contributed by atoms with E-state index in [-0.39, 0.29) is 5.60 Å². The lowest BCUT2D eigenvalue weighted by atomic mass is 9.80. The molecule has 4 rings (SSSR count). The fraction of sp³-hybridized carbons (Fsp3) is 0.520. The molecule has 4 nitrogen and oxygen atoms in total. The fourth-order valence-corrected chi connectivity index (χ4v) is 4.59. The predicted molar refractivity (Wildman–Crippen MR) is 116 cm³/mol. The van der Waals surface area contributed by atoms with Crippen LogP contribution in [0.5, 0.6) is 11.5 Å². The van der Waals surface area contributed by atoms with Gasteiger partial charge >= 0.3 is 0 Å². The van der Waals surface area contributed by atoms with Crippen molar-refractivity contribution in [2.45, 2.75) is 57.2 Å². The standard InChI is InChI=1S/C25H33NO3/c1-25(2)16-23(19-9-5-3-6-10-19)22-12-11-21(15-24(22)29-25)28-18-20(27)17-26-13-7-4-8-14-26/h3,5-6,9-12,15,20,23,27H,4,7-8,13-14,16-18H2,1-2H3. The van der Waals surface area contributed by atoms with E-state index in [0.29, 0.717) is 19.1 Å². The SMILES string of the molecule is CC1(C)CC(c2ccccc2)c2ccc(OCC(O)CN3CCCCC3)cc2O1. The largest absolute Gasteiger partial charge is 0.491 e. The normalized spacial score (nSPS) is 22.4. The van der Waals surface area contributed by atoms with Crippen molar-refractivity contribution in [3.63, 3.8) is 0 Å². The first-order chi connectivity index (χ1) is 14.0. The topological polar surface area (TPSA) is 41.9 Å². The van der Waals surface area contributed by atoms with Crippen molar-refractivity contribution in [3.8, 4) is 11.5 Å². The van der Waals surface area contributed by atoms with Gasteiger partial charge < -0.3 is 19.5 Å². The molecule has 1 saturated heterocycles. The lowest BCUT2D eigenvalue weighted by Gasteiger charge is -2.38. The summed E-state index contributed by atoms with van der Waals surface area (Å²) in [5.74, 6) is 1.96. The molecule has 2 unspecified atom stereocenters. The van der Waals surface area contributed by atoms with E-state index in [9.17, 15) is 5.11 Å². The maximum atomic E-state index is 10.4. The number of aliphatic hydroxyl groups excluding tert-OH is 1. The summed E-state index contributed by atoms with van der Waals surface area (Å²) in [5.41, 5.74) is 2.28. The van der Waals surface area contributed by atoms with E-state index in [4.69, 9.17) is 9.47 Å². The molecule has 2 aliphatic heterocycles. The summed E-state index contributed by atoms with van der Waals surface area (Å²) >= 11 is 0. The molecule has 156 valence electrons. The molecule has 0 amide bonds. The van der Waals surface area contributed by atoms with Gasteiger partial charge in [-0.1, -0.05) is 42.8 Å². The molecule has 4 heteroatoms. The smallest absolute Gasteiger partial charge is 0.127 e. The highest BCUT2D eigenvalue weighted by Gasteiger charge is 2.34. The lowest BCUT2D eigenvalue weighted by Crippen LogP contribution is -2.38. The Hall–Kier alpha value is -2.04. The van der Waals surface area contributed by atoms with E-state index < -0.39 is 6.10 Å². The van der Waals surface area contributed by atoms with Crippen LogP contribution < -0.4 is 9.47 Å². The van der Waals surface area contributed by atoms with Gasteiger partial charge in [0.1, 0.15) is 29.8 Å². The molecule has 0 saturated carbocycles. The van der Waals surface area contributed by atoms with Crippen LogP contribution in [0.15, 0.2) is 48.5 Å². The zero-order chi connectivity index (χ0) is 20.3. The van der Waals surface area contributed by atoms with Gasteiger partial charge in [0.2, 0.25) is 0 Å². The third-order valence-corrected chi connectivity index (χ3v) is 6.00. The number of β-amino-alcohol motifs (C(OH)–C–C–N with tert-alkyl or cyclic N) is 1. The van der Waals surface area contributed by atoms with Gasteiger partial charge in [0, 0.05) is 24.1 Å². The molecule has 0 bridgehead atoms. The first kappa shape index (κ1) is 20.2. The van der Waals surface area contributed by atoms with Gasteiger partial charge in [-0.3, -0.25) is 0 Å². The van der Waals surface area contributed by atoms with E-state index in [1.165, 1.54) is 30.4 Å². The molecule has 2 aliphatic rings. The van der Waals surface area contributed by atoms with E-state index >= 15 is 0 Å². The van der Waals surface area contributed by atoms with Gasteiger partial charge in [-0.05, 0) is 57.8 Å². The second kappa shape index (κ2) is 8.76. The van der Waals surface area contributed by atoms with Crippen LogP contribution in [0.4, 0.5) is 0 Å². The summed E-state index contributed by atoms with van der Waals surface area (Å²) < 4.78 is 12.2. The minimum absolute atomic E-state index is 0.236. The number of fused-ring (bicyclic) bond motifs is 1. The highest BCUT2D eigenvalue weighted by Crippen LogP contribution is 2.45. The molecule has 0 aromatic heterocycles. The number of piperidine rings is 1. The number of rotatable bonds is 6. The summed E-state index contributed by atoms with van der Waals surface area (Å²) in [6, 6.07) is 16.7. The van der Waals surface area contributed by atoms with Gasteiger partial charge in [0.25, 0.3) is 0 Å². The molecule has 2 atom stereocenters. The first-order valence-electron chi connectivity index (χ1n) is 10.9. The van der Waals surface area contributed by atoms with Crippen molar-refractivity contribution >= 4 is 0 Å². The Morgan fingerprint density at radius 1 is 1.10 bits per heavy atom. The van der Waals surface area contributed by atoms with Crippen LogP contribution in [0.3, 0.4) is 0 Å². The molecule has 1 N–H and O–H groups in total. The summed E-state index contributed by atoms with van der Waals surface area (Å²) in [5, 5.41) is 10.4. The molecule has 1 fully saturated rings. The summed E-state index contributed by atoms with van der Waals surface area (Å²) in [4.78, 5) is 2.33. The van der Waals surface area contributed by atoms with Crippen molar-refractivity contribution < 1.29 is 14.6 Å². The van der Waals surface area contributed by atoms with Crippen LogP contribution in [0.25, 0.3) is 0 Å². The molecule has 29 heavy (non-hydrogen) atoms. The Balaban J connectivity index is 1.44. The van der Waals surface area contributed by atoms with Crippen LogP contribution >= 0.6 is 0 Å². The monoisotopic (exact) mass is 395 g/mol. The minimum Gasteiger partial charge on any atom is -0.491 e. The second-order valence-corrected chi connectivity index (χ2v) is 9.05. The van der Waals surface area contributed by atoms with Crippen LogP contribution in [0.2, 0.25) is 0 Å². The van der Waals surface area contributed by atoms with Crippen LogP contribution in [0, 0.1) is 0 Å². The van der Waals surface area contributed by atoms with E-state index in [1.54, 1.807) is 0 Å². The maximum absolute atomic E-state index is 10.4.